The van der Waals surface area contributed by atoms with Gasteiger partial charge < -0.3 is 4.74 Å². The lowest BCUT2D eigenvalue weighted by molar-refractivity contribution is -0.150. The molecule has 1 fully saturated rings. The van der Waals surface area contributed by atoms with Gasteiger partial charge in [-0.05, 0) is 62.3 Å². The molecule has 2 unspecified atom stereocenters. The number of benzene rings is 1. The van der Waals surface area contributed by atoms with Crippen molar-refractivity contribution in [3.63, 3.8) is 0 Å². The summed E-state index contributed by atoms with van der Waals surface area (Å²) in [5.41, 5.74) is 2.64. The molecule has 2 aliphatic rings. The van der Waals surface area contributed by atoms with E-state index in [1.54, 1.807) is 0 Å². The van der Waals surface area contributed by atoms with Crippen LogP contribution in [0.5, 0.6) is 5.75 Å². The van der Waals surface area contributed by atoms with Crippen LogP contribution >= 0.6 is 0 Å². The van der Waals surface area contributed by atoms with Crippen LogP contribution in [-0.2, 0) is 17.6 Å². The van der Waals surface area contributed by atoms with Crippen molar-refractivity contribution in [2.75, 3.05) is 0 Å². The zero-order valence-electron chi connectivity index (χ0n) is 11.9. The molecule has 0 radical (unpaired) electrons. The number of hydrogen-bond acceptors (Lipinski definition) is 2. The number of fused-ring (bicyclic) bond motifs is 1. The van der Waals surface area contributed by atoms with Crippen molar-refractivity contribution in [2.45, 2.75) is 58.5 Å². The second kappa shape index (κ2) is 4.66. The van der Waals surface area contributed by atoms with Crippen LogP contribution in [-0.4, -0.2) is 11.9 Å². The van der Waals surface area contributed by atoms with E-state index in [1.807, 2.05) is 6.92 Å². The molecule has 1 aromatic carbocycles. The highest BCUT2D eigenvalue weighted by Gasteiger charge is 2.51. The average molecular weight is 258 g/mol. The van der Waals surface area contributed by atoms with E-state index >= 15 is 0 Å². The third-order valence-electron chi connectivity index (χ3n) is 5.05. The van der Waals surface area contributed by atoms with Gasteiger partial charge in [0.2, 0.25) is 0 Å². The highest BCUT2D eigenvalue weighted by atomic mass is 16.5. The molecule has 0 aliphatic heterocycles. The molecule has 0 spiro atoms. The van der Waals surface area contributed by atoms with Crippen LogP contribution in [0.1, 0.15) is 50.7 Å². The van der Waals surface area contributed by atoms with Crippen molar-refractivity contribution in [1.82, 2.24) is 0 Å². The number of hydrogen-bond donors (Lipinski definition) is 0. The predicted molar refractivity (Wildman–Crippen MR) is 75.5 cm³/mol. The molecule has 102 valence electrons. The van der Waals surface area contributed by atoms with E-state index in [0.717, 1.165) is 12.2 Å². The molecule has 2 heteroatoms. The molecule has 0 amide bonds. The Morgan fingerprint density at radius 3 is 2.68 bits per heavy atom. The zero-order chi connectivity index (χ0) is 13.5. The summed E-state index contributed by atoms with van der Waals surface area (Å²) in [6, 6.07) is 6.46. The normalized spacial score (nSPS) is 29.6. The third-order valence-corrected chi connectivity index (χ3v) is 5.05. The second-order valence-electron chi connectivity index (χ2n) is 6.14. The molecule has 19 heavy (non-hydrogen) atoms. The Kier molecular flexibility index (Phi) is 3.12. The second-order valence-corrected chi connectivity index (χ2v) is 6.14. The Hall–Kier alpha value is -1.31. The molecule has 0 heterocycles. The largest absolute Gasteiger partial charge is 0.489 e. The van der Waals surface area contributed by atoms with E-state index in [4.69, 9.17) is 4.74 Å². The fraction of sp³-hybridized carbons (Fsp3) is 0.588. The van der Waals surface area contributed by atoms with Crippen molar-refractivity contribution < 1.29 is 9.53 Å². The zero-order valence-corrected chi connectivity index (χ0v) is 11.9. The van der Waals surface area contributed by atoms with E-state index in [0.29, 0.717) is 12.2 Å². The van der Waals surface area contributed by atoms with Gasteiger partial charge in [0.25, 0.3) is 0 Å². The molecule has 1 saturated carbocycles. The number of aryl methyl sites for hydroxylation is 2. The van der Waals surface area contributed by atoms with Gasteiger partial charge in [0.15, 0.2) is 0 Å². The van der Waals surface area contributed by atoms with Gasteiger partial charge in [0.1, 0.15) is 17.6 Å². The Bertz CT molecular complexity index is 506. The minimum absolute atomic E-state index is 0.0617. The van der Waals surface area contributed by atoms with Crippen molar-refractivity contribution in [2.24, 2.45) is 5.41 Å². The maximum atomic E-state index is 11.7. The molecule has 3 rings (SSSR count). The van der Waals surface area contributed by atoms with Crippen molar-refractivity contribution in [3.8, 4) is 5.75 Å². The van der Waals surface area contributed by atoms with E-state index in [1.165, 1.54) is 36.8 Å². The Balaban J connectivity index is 1.76. The molecule has 0 saturated heterocycles. The van der Waals surface area contributed by atoms with Gasteiger partial charge in [0.05, 0.1) is 5.41 Å². The smallest absolute Gasteiger partial charge is 0.146 e. The van der Waals surface area contributed by atoms with E-state index < -0.39 is 0 Å². The van der Waals surface area contributed by atoms with Gasteiger partial charge in [-0.1, -0.05) is 13.0 Å². The summed E-state index contributed by atoms with van der Waals surface area (Å²) < 4.78 is 6.07. The maximum Gasteiger partial charge on any atom is 0.146 e. The monoisotopic (exact) mass is 258 g/mol. The molecule has 1 aromatic rings. The number of carbonyl (C=O) groups excluding carboxylic acids is 1. The third kappa shape index (κ3) is 2.07. The minimum atomic E-state index is -0.268. The summed E-state index contributed by atoms with van der Waals surface area (Å²) in [5.74, 6) is 1.29. The first kappa shape index (κ1) is 12.7. The lowest BCUT2D eigenvalue weighted by atomic mass is 9.64. The minimum Gasteiger partial charge on any atom is -0.489 e. The first-order valence-corrected chi connectivity index (χ1v) is 7.45. The van der Waals surface area contributed by atoms with Crippen LogP contribution in [0, 0.1) is 5.41 Å². The molecule has 2 aliphatic carbocycles. The molecule has 2 atom stereocenters. The molecule has 0 bridgehead atoms. The topological polar surface area (TPSA) is 26.3 Å². The molecular weight excluding hydrogens is 236 g/mol. The van der Waals surface area contributed by atoms with Crippen molar-refractivity contribution in [1.29, 1.82) is 0 Å². The Morgan fingerprint density at radius 1 is 1.26 bits per heavy atom. The van der Waals surface area contributed by atoms with Crippen LogP contribution in [0.3, 0.4) is 0 Å². The standard InChI is InChI=1S/C17H22O2/c1-3-17(2)15(18)11-16(17)19-14-9-8-12-6-4-5-7-13(12)10-14/h8-10,16H,3-7,11H2,1-2H3. The summed E-state index contributed by atoms with van der Waals surface area (Å²) in [7, 11) is 0. The highest BCUT2D eigenvalue weighted by molar-refractivity contribution is 5.92. The highest BCUT2D eigenvalue weighted by Crippen LogP contribution is 2.42. The van der Waals surface area contributed by atoms with E-state index in [9.17, 15) is 4.79 Å². The first-order chi connectivity index (χ1) is 9.13. The summed E-state index contributed by atoms with van der Waals surface area (Å²) in [6.07, 6.45) is 6.45. The van der Waals surface area contributed by atoms with Crippen LogP contribution in [0.4, 0.5) is 0 Å². The van der Waals surface area contributed by atoms with Crippen molar-refractivity contribution in [3.05, 3.63) is 29.3 Å². The number of ketones is 1. The maximum absolute atomic E-state index is 11.7. The molecule has 2 nitrogen and oxygen atoms in total. The van der Waals surface area contributed by atoms with E-state index in [-0.39, 0.29) is 11.5 Å². The fourth-order valence-electron chi connectivity index (χ4n) is 3.22. The van der Waals surface area contributed by atoms with Crippen LogP contribution < -0.4 is 4.74 Å². The lowest BCUT2D eigenvalue weighted by Crippen LogP contribution is -2.54. The summed E-state index contributed by atoms with van der Waals surface area (Å²) >= 11 is 0. The van der Waals surface area contributed by atoms with Gasteiger partial charge in [-0.3, -0.25) is 4.79 Å². The quantitative estimate of drug-likeness (QED) is 0.826. The van der Waals surface area contributed by atoms with Crippen molar-refractivity contribution >= 4 is 5.78 Å². The van der Waals surface area contributed by atoms with Gasteiger partial charge in [-0.2, -0.15) is 0 Å². The van der Waals surface area contributed by atoms with Gasteiger partial charge in [-0.15, -0.1) is 0 Å². The fourth-order valence-corrected chi connectivity index (χ4v) is 3.22. The number of rotatable bonds is 3. The number of Topliss-reactive ketones (excluding diaryl/α,β-unsaturated/α-hetero) is 1. The Labute approximate surface area is 115 Å². The first-order valence-electron chi connectivity index (χ1n) is 7.45. The molecule has 0 aromatic heterocycles. The van der Waals surface area contributed by atoms with Gasteiger partial charge in [0, 0.05) is 6.42 Å². The summed E-state index contributed by atoms with van der Waals surface area (Å²) in [5, 5.41) is 0. The number of carbonyl (C=O) groups is 1. The van der Waals surface area contributed by atoms with Crippen LogP contribution in [0.25, 0.3) is 0 Å². The SMILES string of the molecule is CCC1(C)C(=O)CC1Oc1ccc2c(c1)CCCC2. The van der Waals surface area contributed by atoms with Gasteiger partial charge >= 0.3 is 0 Å². The molecule has 0 N–H and O–H groups in total. The van der Waals surface area contributed by atoms with E-state index in [2.05, 4.69) is 25.1 Å². The van der Waals surface area contributed by atoms with Crippen LogP contribution in [0.15, 0.2) is 18.2 Å². The lowest BCUT2D eigenvalue weighted by Gasteiger charge is -2.44. The number of ether oxygens (including phenoxy) is 1. The summed E-state index contributed by atoms with van der Waals surface area (Å²) in [4.78, 5) is 11.7. The van der Waals surface area contributed by atoms with Gasteiger partial charge in [-0.25, -0.2) is 0 Å². The summed E-state index contributed by atoms with van der Waals surface area (Å²) in [6.45, 7) is 4.10. The Morgan fingerprint density at radius 2 is 2.00 bits per heavy atom. The molecular formula is C17H22O2. The average Bonchev–Trinajstić information content (AvgIpc) is 2.46. The van der Waals surface area contributed by atoms with Crippen LogP contribution in [0.2, 0.25) is 0 Å². The predicted octanol–water partition coefficient (Wildman–Crippen LogP) is 3.70.